The Hall–Kier alpha value is -1.88. The second-order valence-corrected chi connectivity index (χ2v) is 4.74. The van der Waals surface area contributed by atoms with Crippen molar-refractivity contribution in [3.63, 3.8) is 0 Å². The summed E-state index contributed by atoms with van der Waals surface area (Å²) in [5, 5.41) is 7.07. The van der Waals surface area contributed by atoms with Crippen LogP contribution in [-0.2, 0) is 19.6 Å². The van der Waals surface area contributed by atoms with E-state index in [2.05, 4.69) is 28.4 Å². The molecule has 108 valence electrons. The van der Waals surface area contributed by atoms with Crippen LogP contribution in [0.3, 0.4) is 0 Å². The van der Waals surface area contributed by atoms with Crippen molar-refractivity contribution in [2.45, 2.75) is 39.8 Å². The van der Waals surface area contributed by atoms with Crippen LogP contribution in [0, 0.1) is 6.92 Å². The molecule has 0 aliphatic heterocycles. The van der Waals surface area contributed by atoms with Crippen molar-refractivity contribution in [3.8, 4) is 5.75 Å². The Balaban J connectivity index is 2.05. The van der Waals surface area contributed by atoms with Crippen molar-refractivity contribution in [3.05, 3.63) is 41.0 Å². The maximum atomic E-state index is 5.87. The fourth-order valence-electron chi connectivity index (χ4n) is 2.05. The van der Waals surface area contributed by atoms with Crippen molar-refractivity contribution >= 4 is 0 Å². The monoisotopic (exact) mass is 275 g/mol. The van der Waals surface area contributed by atoms with Gasteiger partial charge in [-0.2, -0.15) is 4.98 Å². The van der Waals surface area contributed by atoms with Gasteiger partial charge in [0.1, 0.15) is 5.75 Å². The molecule has 2 rings (SSSR count). The van der Waals surface area contributed by atoms with Gasteiger partial charge < -0.3 is 14.6 Å². The van der Waals surface area contributed by atoms with E-state index in [1.165, 1.54) is 0 Å². The molecule has 0 saturated heterocycles. The summed E-state index contributed by atoms with van der Waals surface area (Å²) in [6.07, 6.45) is 1.80. The molecule has 0 aliphatic rings. The predicted octanol–water partition coefficient (Wildman–Crippen LogP) is 2.63. The van der Waals surface area contributed by atoms with E-state index in [0.29, 0.717) is 18.3 Å². The van der Waals surface area contributed by atoms with E-state index < -0.39 is 0 Å². The zero-order chi connectivity index (χ0) is 14.4. The molecule has 0 radical (unpaired) electrons. The van der Waals surface area contributed by atoms with Gasteiger partial charge in [0.25, 0.3) is 0 Å². The topological polar surface area (TPSA) is 60.2 Å². The highest BCUT2D eigenvalue weighted by molar-refractivity contribution is 5.40. The lowest BCUT2D eigenvalue weighted by Crippen LogP contribution is -2.09. The number of hydrogen-bond acceptors (Lipinski definition) is 5. The lowest BCUT2D eigenvalue weighted by Gasteiger charge is -2.12. The number of hydrogen-bond donors (Lipinski definition) is 1. The van der Waals surface area contributed by atoms with Crippen molar-refractivity contribution in [2.24, 2.45) is 0 Å². The highest BCUT2D eigenvalue weighted by Crippen LogP contribution is 2.24. The van der Waals surface area contributed by atoms with Crippen LogP contribution < -0.4 is 10.1 Å². The molecular formula is C15H21N3O2. The number of benzene rings is 1. The van der Waals surface area contributed by atoms with Crippen LogP contribution in [0.4, 0.5) is 0 Å². The highest BCUT2D eigenvalue weighted by atomic mass is 16.5. The van der Waals surface area contributed by atoms with E-state index in [-0.39, 0.29) is 0 Å². The summed E-state index contributed by atoms with van der Waals surface area (Å²) in [5.41, 5.74) is 2.24. The second-order valence-electron chi connectivity index (χ2n) is 4.74. The van der Waals surface area contributed by atoms with Gasteiger partial charge in [-0.1, -0.05) is 30.3 Å². The normalized spacial score (nSPS) is 10.8. The number of aryl methyl sites for hydroxylation is 2. The fourth-order valence-corrected chi connectivity index (χ4v) is 2.05. The minimum atomic E-state index is 0.328. The van der Waals surface area contributed by atoms with E-state index in [1.807, 2.05) is 26.1 Å². The van der Waals surface area contributed by atoms with Gasteiger partial charge in [-0.25, -0.2) is 0 Å². The number of ether oxygens (including phenoxy) is 1. The third-order valence-electron chi connectivity index (χ3n) is 2.98. The number of nitrogens with zero attached hydrogens (tertiary/aromatic N) is 2. The summed E-state index contributed by atoms with van der Waals surface area (Å²) in [4.78, 5) is 4.30. The molecule has 1 aromatic carbocycles. The summed E-state index contributed by atoms with van der Waals surface area (Å²) in [6.45, 7) is 5.21. The van der Waals surface area contributed by atoms with Gasteiger partial charge in [-0.15, -0.1) is 0 Å². The van der Waals surface area contributed by atoms with Crippen LogP contribution in [0.5, 0.6) is 5.75 Å². The molecule has 0 fully saturated rings. The van der Waals surface area contributed by atoms with E-state index in [0.717, 1.165) is 36.3 Å². The van der Waals surface area contributed by atoms with Crippen LogP contribution in [0.1, 0.15) is 36.2 Å². The van der Waals surface area contributed by atoms with Gasteiger partial charge in [0.2, 0.25) is 11.7 Å². The first-order chi connectivity index (χ1) is 9.74. The Labute approximate surface area is 119 Å². The molecule has 1 heterocycles. The minimum Gasteiger partial charge on any atom is -0.485 e. The van der Waals surface area contributed by atoms with Crippen molar-refractivity contribution in [2.75, 3.05) is 7.05 Å². The average Bonchev–Trinajstić information content (AvgIpc) is 2.87. The number of rotatable bonds is 7. The zero-order valence-corrected chi connectivity index (χ0v) is 12.3. The molecule has 1 aromatic heterocycles. The summed E-state index contributed by atoms with van der Waals surface area (Å²) in [6, 6.07) is 6.12. The van der Waals surface area contributed by atoms with Gasteiger partial charge in [0, 0.05) is 18.5 Å². The molecule has 1 N–H and O–H groups in total. The fraction of sp³-hybridized carbons (Fsp3) is 0.467. The maximum Gasteiger partial charge on any atom is 0.226 e. The van der Waals surface area contributed by atoms with E-state index in [4.69, 9.17) is 9.26 Å². The van der Waals surface area contributed by atoms with Gasteiger partial charge in [-0.05, 0) is 26.0 Å². The lowest BCUT2D eigenvalue weighted by atomic mass is 10.1. The van der Waals surface area contributed by atoms with Gasteiger partial charge in [0.05, 0.1) is 0 Å². The van der Waals surface area contributed by atoms with Crippen LogP contribution in [0.15, 0.2) is 22.7 Å². The van der Waals surface area contributed by atoms with Crippen molar-refractivity contribution < 1.29 is 9.26 Å². The second kappa shape index (κ2) is 7.05. The quantitative estimate of drug-likeness (QED) is 0.841. The predicted molar refractivity (Wildman–Crippen MR) is 76.6 cm³/mol. The molecule has 20 heavy (non-hydrogen) atoms. The zero-order valence-electron chi connectivity index (χ0n) is 12.3. The Kier molecular flexibility index (Phi) is 5.12. The van der Waals surface area contributed by atoms with Crippen molar-refractivity contribution in [1.82, 2.24) is 15.5 Å². The molecule has 0 saturated carbocycles. The maximum absolute atomic E-state index is 5.87. The molecule has 0 bridgehead atoms. The standard InChI is InChI=1S/C15H21N3O2/c1-4-6-14-17-13(18-20-14)10-19-15-11(2)7-5-8-12(15)9-16-3/h5,7-8,16H,4,6,9-10H2,1-3H3. The molecule has 5 heteroatoms. The van der Waals surface area contributed by atoms with Crippen LogP contribution in [-0.4, -0.2) is 17.2 Å². The summed E-state index contributed by atoms with van der Waals surface area (Å²) in [5.74, 6) is 2.15. The van der Waals surface area contributed by atoms with Crippen LogP contribution in [0.2, 0.25) is 0 Å². The van der Waals surface area contributed by atoms with Gasteiger partial charge in [-0.3, -0.25) is 0 Å². The number of nitrogens with one attached hydrogen (secondary N) is 1. The van der Waals surface area contributed by atoms with E-state index >= 15 is 0 Å². The Morgan fingerprint density at radius 2 is 2.20 bits per heavy atom. The molecule has 0 aliphatic carbocycles. The first-order valence-electron chi connectivity index (χ1n) is 6.92. The molecule has 5 nitrogen and oxygen atoms in total. The minimum absolute atomic E-state index is 0.328. The first kappa shape index (κ1) is 14.5. The summed E-state index contributed by atoms with van der Waals surface area (Å²) < 4.78 is 11.0. The Morgan fingerprint density at radius 3 is 2.95 bits per heavy atom. The third kappa shape index (κ3) is 3.57. The SMILES string of the molecule is CCCc1nc(COc2c(C)cccc2CNC)no1. The van der Waals surface area contributed by atoms with Crippen molar-refractivity contribution in [1.29, 1.82) is 0 Å². The summed E-state index contributed by atoms with van der Waals surface area (Å²) >= 11 is 0. The van der Waals surface area contributed by atoms with E-state index in [9.17, 15) is 0 Å². The van der Waals surface area contributed by atoms with E-state index in [1.54, 1.807) is 0 Å². The lowest BCUT2D eigenvalue weighted by molar-refractivity contribution is 0.280. The highest BCUT2D eigenvalue weighted by Gasteiger charge is 2.10. The Morgan fingerprint density at radius 1 is 1.35 bits per heavy atom. The molecule has 0 atom stereocenters. The molecule has 2 aromatic rings. The summed E-state index contributed by atoms with van der Waals surface area (Å²) in [7, 11) is 1.92. The van der Waals surface area contributed by atoms with Gasteiger partial charge >= 0.3 is 0 Å². The smallest absolute Gasteiger partial charge is 0.226 e. The number of para-hydroxylation sites is 1. The molecular weight excluding hydrogens is 254 g/mol. The molecule has 0 spiro atoms. The largest absolute Gasteiger partial charge is 0.485 e. The van der Waals surface area contributed by atoms with Gasteiger partial charge in [0.15, 0.2) is 6.61 Å². The molecule has 0 amide bonds. The van der Waals surface area contributed by atoms with Crippen LogP contribution >= 0.6 is 0 Å². The van der Waals surface area contributed by atoms with Crippen LogP contribution in [0.25, 0.3) is 0 Å². The molecule has 0 unspecified atom stereocenters. The average molecular weight is 275 g/mol. The number of aromatic nitrogens is 2. The first-order valence-corrected chi connectivity index (χ1v) is 6.92. The third-order valence-corrected chi connectivity index (χ3v) is 2.98. The Bertz CT molecular complexity index is 552.